The fraction of sp³-hybridized carbons (Fsp3) is 0.300. The molecule has 10 nitrogen and oxygen atoms in total. The number of nitriles is 1. The number of fused-ring (bicyclic) bond motifs is 1. The van der Waals surface area contributed by atoms with Gasteiger partial charge in [-0.2, -0.15) is 10.2 Å². The molecule has 11 heteroatoms. The number of aromatic nitrogens is 6. The number of imidazole rings is 1. The number of hydrogen-bond acceptors (Lipinski definition) is 8. The smallest absolute Gasteiger partial charge is 0.215 e. The van der Waals surface area contributed by atoms with E-state index in [1.165, 1.54) is 6.07 Å². The van der Waals surface area contributed by atoms with Crippen LogP contribution in [0.2, 0.25) is 0 Å². The summed E-state index contributed by atoms with van der Waals surface area (Å²) in [5.41, 5.74) is 3.80. The molecule has 0 unspecified atom stereocenters. The van der Waals surface area contributed by atoms with Crippen LogP contribution >= 0.6 is 0 Å². The quantitative estimate of drug-likeness (QED) is 0.271. The molecule has 1 aliphatic rings. The average molecular weight is 552 g/mol. The van der Waals surface area contributed by atoms with Gasteiger partial charge in [-0.05, 0) is 37.3 Å². The average Bonchev–Trinajstić information content (AvgIpc) is 3.61. The lowest BCUT2D eigenvalue weighted by Crippen LogP contribution is -2.46. The van der Waals surface area contributed by atoms with E-state index in [1.807, 2.05) is 41.2 Å². The Morgan fingerprint density at radius 3 is 2.63 bits per heavy atom. The van der Waals surface area contributed by atoms with Crippen molar-refractivity contribution in [3.63, 3.8) is 0 Å². The Bertz CT molecular complexity index is 1700. The molecule has 0 atom stereocenters. The second-order valence-electron chi connectivity index (χ2n) is 9.95. The first-order valence-corrected chi connectivity index (χ1v) is 13.7. The van der Waals surface area contributed by atoms with Gasteiger partial charge in [-0.1, -0.05) is 29.5 Å². The number of nitrogens with zero attached hydrogens (tertiary/aromatic N) is 9. The molecule has 6 rings (SSSR count). The third-order valence-corrected chi connectivity index (χ3v) is 7.38. The maximum absolute atomic E-state index is 14.2. The normalized spacial score (nSPS) is 13.9. The van der Waals surface area contributed by atoms with Gasteiger partial charge in [-0.3, -0.25) is 4.90 Å². The molecule has 3 aromatic heterocycles. The van der Waals surface area contributed by atoms with Gasteiger partial charge in [0, 0.05) is 44.4 Å². The van der Waals surface area contributed by atoms with Crippen molar-refractivity contribution in [2.45, 2.75) is 33.2 Å². The number of rotatable bonds is 9. The lowest BCUT2D eigenvalue weighted by molar-refractivity contribution is 0.240. The highest BCUT2D eigenvalue weighted by Gasteiger charge is 2.22. The monoisotopic (exact) mass is 551 g/mol. The maximum atomic E-state index is 14.2. The van der Waals surface area contributed by atoms with Crippen LogP contribution in [0.5, 0.6) is 5.88 Å². The van der Waals surface area contributed by atoms with Crippen LogP contribution in [0, 0.1) is 17.1 Å². The molecule has 4 heterocycles. The minimum Gasteiger partial charge on any atom is -0.473 e. The molecule has 0 aliphatic carbocycles. The molecule has 1 saturated heterocycles. The number of benzene rings is 2. The summed E-state index contributed by atoms with van der Waals surface area (Å²) >= 11 is 0. The molecule has 0 radical (unpaired) electrons. The van der Waals surface area contributed by atoms with Crippen molar-refractivity contribution in [2.75, 3.05) is 31.1 Å². The summed E-state index contributed by atoms with van der Waals surface area (Å²) in [6.07, 6.45) is 1.83. The highest BCUT2D eigenvalue weighted by atomic mass is 19.1. The second-order valence-corrected chi connectivity index (χ2v) is 9.95. The van der Waals surface area contributed by atoms with Crippen molar-refractivity contribution in [1.82, 2.24) is 34.4 Å². The first-order chi connectivity index (χ1) is 20.1. The van der Waals surface area contributed by atoms with Crippen LogP contribution in [0.25, 0.3) is 11.0 Å². The summed E-state index contributed by atoms with van der Waals surface area (Å²) in [4.78, 5) is 14.3. The Kier molecular flexibility index (Phi) is 7.56. The van der Waals surface area contributed by atoms with E-state index >= 15 is 0 Å². The number of piperazine rings is 1. The molecule has 1 aliphatic heterocycles. The number of anilines is 1. The minimum atomic E-state index is -0.461. The molecule has 41 heavy (non-hydrogen) atoms. The number of para-hydroxylation sites is 2. The molecule has 208 valence electrons. The summed E-state index contributed by atoms with van der Waals surface area (Å²) in [5.74, 6) is 1.82. The Balaban J connectivity index is 1.10. The molecule has 0 bridgehead atoms. The zero-order valence-corrected chi connectivity index (χ0v) is 22.8. The van der Waals surface area contributed by atoms with E-state index in [2.05, 4.69) is 48.7 Å². The van der Waals surface area contributed by atoms with Crippen molar-refractivity contribution in [3.05, 3.63) is 95.3 Å². The van der Waals surface area contributed by atoms with Gasteiger partial charge in [0.05, 0.1) is 47.6 Å². The Morgan fingerprint density at radius 2 is 1.83 bits per heavy atom. The van der Waals surface area contributed by atoms with Gasteiger partial charge >= 0.3 is 0 Å². The first kappa shape index (κ1) is 26.4. The molecule has 1 fully saturated rings. The Hall–Kier alpha value is -4.82. The second kappa shape index (κ2) is 11.7. The zero-order chi connectivity index (χ0) is 28.2. The molecular formula is C30H30FN9O. The summed E-state index contributed by atoms with van der Waals surface area (Å²) in [6, 6.07) is 20.2. The van der Waals surface area contributed by atoms with Gasteiger partial charge < -0.3 is 14.2 Å². The molecule has 0 N–H and O–H groups in total. The fourth-order valence-electron chi connectivity index (χ4n) is 5.13. The van der Waals surface area contributed by atoms with Crippen molar-refractivity contribution >= 4 is 16.9 Å². The molecular weight excluding hydrogens is 521 g/mol. The summed E-state index contributed by atoms with van der Waals surface area (Å²) in [7, 11) is 0. The first-order valence-electron chi connectivity index (χ1n) is 13.7. The van der Waals surface area contributed by atoms with E-state index in [-0.39, 0.29) is 12.2 Å². The van der Waals surface area contributed by atoms with Crippen molar-refractivity contribution in [3.8, 4) is 11.9 Å². The van der Waals surface area contributed by atoms with E-state index in [0.717, 1.165) is 67.6 Å². The van der Waals surface area contributed by atoms with Gasteiger partial charge in [-0.25, -0.2) is 14.1 Å². The van der Waals surface area contributed by atoms with Gasteiger partial charge in [0.2, 0.25) is 5.88 Å². The zero-order valence-electron chi connectivity index (χ0n) is 22.8. The fourth-order valence-corrected chi connectivity index (χ4v) is 5.13. The van der Waals surface area contributed by atoms with Gasteiger partial charge in [0.25, 0.3) is 0 Å². The van der Waals surface area contributed by atoms with E-state index in [1.54, 1.807) is 18.2 Å². The third-order valence-electron chi connectivity index (χ3n) is 7.38. The number of hydrogen-bond donors (Lipinski definition) is 0. The molecule has 2 aromatic carbocycles. The maximum Gasteiger partial charge on any atom is 0.215 e. The van der Waals surface area contributed by atoms with E-state index in [9.17, 15) is 4.39 Å². The van der Waals surface area contributed by atoms with E-state index < -0.39 is 5.82 Å². The van der Waals surface area contributed by atoms with Crippen LogP contribution in [-0.4, -0.2) is 60.6 Å². The van der Waals surface area contributed by atoms with Gasteiger partial charge in [0.1, 0.15) is 24.1 Å². The Morgan fingerprint density at radius 1 is 0.976 bits per heavy atom. The predicted molar refractivity (Wildman–Crippen MR) is 152 cm³/mol. The molecule has 5 aromatic rings. The molecule has 0 spiro atoms. The van der Waals surface area contributed by atoms with Crippen molar-refractivity contribution in [1.29, 1.82) is 5.26 Å². The lowest BCUT2D eigenvalue weighted by atomic mass is 10.1. The van der Waals surface area contributed by atoms with Crippen LogP contribution in [0.4, 0.5) is 10.2 Å². The number of aryl methyl sites for hydroxylation is 1. The van der Waals surface area contributed by atoms with Crippen molar-refractivity contribution < 1.29 is 9.13 Å². The summed E-state index contributed by atoms with van der Waals surface area (Å²) < 4.78 is 24.2. The number of pyridine rings is 1. The van der Waals surface area contributed by atoms with E-state index in [4.69, 9.17) is 15.0 Å². The SMILES string of the molecule is CCn1nncc1Cn1c(CN2CCN(c3cccc(OCc4ccc(C#N)cc4F)n3)CC2)nc2ccccc21. The lowest BCUT2D eigenvalue weighted by Gasteiger charge is -2.35. The highest BCUT2D eigenvalue weighted by Crippen LogP contribution is 2.22. The molecule has 0 amide bonds. The van der Waals surface area contributed by atoms with Gasteiger partial charge in [-0.15, -0.1) is 5.10 Å². The third kappa shape index (κ3) is 5.73. The number of ether oxygens (including phenoxy) is 1. The highest BCUT2D eigenvalue weighted by molar-refractivity contribution is 5.76. The predicted octanol–water partition coefficient (Wildman–Crippen LogP) is 4.00. The van der Waals surface area contributed by atoms with Crippen molar-refractivity contribution in [2.24, 2.45) is 0 Å². The van der Waals surface area contributed by atoms with Crippen LogP contribution in [0.3, 0.4) is 0 Å². The van der Waals surface area contributed by atoms with Crippen LogP contribution < -0.4 is 9.64 Å². The molecule has 0 saturated carbocycles. The van der Waals surface area contributed by atoms with Crippen LogP contribution in [-0.2, 0) is 26.2 Å². The Labute approximate surface area is 237 Å². The summed E-state index contributed by atoms with van der Waals surface area (Å²) in [5, 5.41) is 17.2. The van der Waals surface area contributed by atoms with E-state index in [0.29, 0.717) is 18.0 Å². The largest absolute Gasteiger partial charge is 0.473 e. The number of halogens is 1. The topological polar surface area (TPSA) is 101 Å². The van der Waals surface area contributed by atoms with Gasteiger partial charge in [0.15, 0.2) is 0 Å². The summed E-state index contributed by atoms with van der Waals surface area (Å²) in [6.45, 7) is 7.63. The minimum absolute atomic E-state index is 0.0396. The van der Waals surface area contributed by atoms with Crippen LogP contribution in [0.1, 0.15) is 29.6 Å². The standard InChI is InChI=1S/C30H30FN9O/c1-2-40-24(18-33-36-40)19-39-27-7-4-3-6-26(27)34-29(39)20-37-12-14-38(15-13-37)28-8-5-9-30(35-28)41-21-23-11-10-22(17-32)16-25(23)31/h3-11,16,18H,2,12-15,19-21H2,1H3. The van der Waals surface area contributed by atoms with Crippen LogP contribution in [0.15, 0.2) is 66.9 Å².